The van der Waals surface area contributed by atoms with Crippen molar-refractivity contribution in [2.24, 2.45) is 0 Å². The van der Waals surface area contributed by atoms with Crippen LogP contribution in [0.15, 0.2) is 29.2 Å². The first-order valence-corrected chi connectivity index (χ1v) is 7.19. The summed E-state index contributed by atoms with van der Waals surface area (Å²) in [5, 5.41) is 0. The number of nitrogens with one attached hydrogen (secondary N) is 1. The van der Waals surface area contributed by atoms with Crippen LogP contribution in [0.3, 0.4) is 0 Å². The van der Waals surface area contributed by atoms with Crippen LogP contribution in [0, 0.1) is 0 Å². The van der Waals surface area contributed by atoms with E-state index in [1.54, 1.807) is 12.1 Å². The van der Waals surface area contributed by atoms with Crippen molar-refractivity contribution in [3.8, 4) is 0 Å². The molecule has 0 heterocycles. The molecule has 1 N–H and O–H groups in total. The Labute approximate surface area is 111 Å². The fourth-order valence-electron chi connectivity index (χ4n) is 1.38. The van der Waals surface area contributed by atoms with Crippen molar-refractivity contribution >= 4 is 16.0 Å². The molecule has 0 aliphatic rings. The van der Waals surface area contributed by atoms with Crippen LogP contribution >= 0.6 is 0 Å². The number of alkyl halides is 1. The van der Waals surface area contributed by atoms with Crippen LogP contribution in [0.4, 0.5) is 4.39 Å². The lowest BCUT2D eigenvalue weighted by Gasteiger charge is -2.06. The molecule has 0 aliphatic heterocycles. The fourth-order valence-corrected chi connectivity index (χ4v) is 2.46. The van der Waals surface area contributed by atoms with E-state index < -0.39 is 22.7 Å². The number of methoxy groups -OCH3 is 1. The van der Waals surface area contributed by atoms with Crippen LogP contribution in [0.25, 0.3) is 0 Å². The highest BCUT2D eigenvalue weighted by molar-refractivity contribution is 7.89. The number of sulfonamides is 1. The van der Waals surface area contributed by atoms with E-state index in [9.17, 15) is 17.6 Å². The van der Waals surface area contributed by atoms with Crippen molar-refractivity contribution < 1.29 is 22.3 Å². The lowest BCUT2D eigenvalue weighted by molar-refractivity contribution is -0.139. The highest BCUT2D eigenvalue weighted by Gasteiger charge is 2.13. The molecule has 19 heavy (non-hydrogen) atoms. The Kier molecular flexibility index (Phi) is 5.91. The molecule has 1 rings (SSSR count). The molecule has 0 saturated carbocycles. The zero-order valence-electron chi connectivity index (χ0n) is 10.6. The maximum absolute atomic E-state index is 11.9. The van der Waals surface area contributed by atoms with Gasteiger partial charge in [0, 0.05) is 6.54 Å². The van der Waals surface area contributed by atoms with Crippen molar-refractivity contribution in [2.45, 2.75) is 17.7 Å². The smallest absolute Gasteiger partial charge is 0.309 e. The van der Waals surface area contributed by atoms with E-state index in [4.69, 9.17) is 0 Å². The molecule has 0 bridgehead atoms. The summed E-state index contributed by atoms with van der Waals surface area (Å²) in [5.41, 5.74) is 0.662. The van der Waals surface area contributed by atoms with E-state index in [1.165, 1.54) is 19.2 Å². The summed E-state index contributed by atoms with van der Waals surface area (Å²) in [6, 6.07) is 5.88. The molecule has 0 spiro atoms. The van der Waals surface area contributed by atoms with Gasteiger partial charge in [-0.3, -0.25) is 9.18 Å². The lowest BCUT2D eigenvalue weighted by atomic mass is 10.2. The van der Waals surface area contributed by atoms with Gasteiger partial charge in [0.15, 0.2) is 0 Å². The SMILES string of the molecule is COC(=O)Cc1ccc(S(=O)(=O)NCCCF)cc1. The van der Waals surface area contributed by atoms with Crippen LogP contribution in [-0.2, 0) is 26.0 Å². The molecule has 0 saturated heterocycles. The Morgan fingerprint density at radius 3 is 2.47 bits per heavy atom. The van der Waals surface area contributed by atoms with Crippen LogP contribution < -0.4 is 4.72 Å². The predicted molar refractivity (Wildman–Crippen MR) is 67.9 cm³/mol. The predicted octanol–water partition coefficient (Wildman–Crippen LogP) is 1.04. The summed E-state index contributed by atoms with van der Waals surface area (Å²) in [7, 11) is -2.33. The van der Waals surface area contributed by atoms with E-state index in [2.05, 4.69) is 9.46 Å². The minimum absolute atomic E-state index is 0.0583. The number of ether oxygens (including phenoxy) is 1. The van der Waals surface area contributed by atoms with Crippen molar-refractivity contribution in [2.75, 3.05) is 20.3 Å². The van der Waals surface area contributed by atoms with Gasteiger partial charge in [-0.15, -0.1) is 0 Å². The molecule has 0 aromatic heterocycles. The van der Waals surface area contributed by atoms with Gasteiger partial charge in [0.2, 0.25) is 10.0 Å². The lowest BCUT2D eigenvalue weighted by Crippen LogP contribution is -2.25. The number of hydrogen-bond donors (Lipinski definition) is 1. The minimum Gasteiger partial charge on any atom is -0.469 e. The summed E-state index contributed by atoms with van der Waals surface area (Å²) >= 11 is 0. The Morgan fingerprint density at radius 2 is 1.95 bits per heavy atom. The third kappa shape index (κ3) is 4.96. The first-order valence-electron chi connectivity index (χ1n) is 5.71. The highest BCUT2D eigenvalue weighted by Crippen LogP contribution is 2.11. The van der Waals surface area contributed by atoms with Gasteiger partial charge in [-0.05, 0) is 24.1 Å². The van der Waals surface area contributed by atoms with Crippen LogP contribution in [0.1, 0.15) is 12.0 Å². The van der Waals surface area contributed by atoms with Crippen molar-refractivity contribution in [1.29, 1.82) is 0 Å². The van der Waals surface area contributed by atoms with Crippen molar-refractivity contribution in [3.63, 3.8) is 0 Å². The summed E-state index contributed by atoms with van der Waals surface area (Å²) in [5.74, 6) is -0.392. The van der Waals surface area contributed by atoms with Gasteiger partial charge in [0.1, 0.15) is 0 Å². The van der Waals surface area contributed by atoms with Crippen LogP contribution in [0.5, 0.6) is 0 Å². The Morgan fingerprint density at radius 1 is 1.32 bits per heavy atom. The zero-order chi connectivity index (χ0) is 14.3. The van der Waals surface area contributed by atoms with Crippen LogP contribution in [0.2, 0.25) is 0 Å². The number of carbonyl (C=O) groups is 1. The van der Waals surface area contributed by atoms with Crippen LogP contribution in [-0.4, -0.2) is 34.7 Å². The molecule has 5 nitrogen and oxygen atoms in total. The maximum atomic E-state index is 11.9. The van der Waals surface area contributed by atoms with E-state index in [0.29, 0.717) is 5.56 Å². The topological polar surface area (TPSA) is 72.5 Å². The summed E-state index contributed by atoms with van der Waals surface area (Å²) < 4.78 is 42.2. The molecule has 0 amide bonds. The third-order valence-electron chi connectivity index (χ3n) is 2.41. The molecule has 0 unspecified atom stereocenters. The van der Waals surface area contributed by atoms with E-state index in [0.717, 1.165) is 0 Å². The van der Waals surface area contributed by atoms with Gasteiger partial charge >= 0.3 is 5.97 Å². The number of halogens is 1. The van der Waals surface area contributed by atoms with E-state index >= 15 is 0 Å². The van der Waals surface area contributed by atoms with Crippen molar-refractivity contribution in [3.05, 3.63) is 29.8 Å². The normalized spacial score (nSPS) is 11.3. The standard InChI is InChI=1S/C12H16FNO4S/c1-18-12(15)9-10-3-5-11(6-4-10)19(16,17)14-8-2-7-13/h3-6,14H,2,7-9H2,1H3. The van der Waals surface area contributed by atoms with Gasteiger partial charge in [-0.1, -0.05) is 12.1 Å². The van der Waals surface area contributed by atoms with E-state index in [-0.39, 0.29) is 24.3 Å². The molecule has 1 aromatic carbocycles. The summed E-state index contributed by atoms with van der Waals surface area (Å²) in [6.45, 7) is -0.511. The molecule has 0 atom stereocenters. The molecule has 0 aliphatic carbocycles. The molecule has 1 aromatic rings. The van der Waals surface area contributed by atoms with Crippen molar-refractivity contribution in [1.82, 2.24) is 4.72 Å². The van der Waals surface area contributed by atoms with Gasteiger partial charge in [0.25, 0.3) is 0 Å². The fraction of sp³-hybridized carbons (Fsp3) is 0.417. The molecule has 7 heteroatoms. The molecular formula is C12H16FNO4S. The Hall–Kier alpha value is -1.47. The second-order valence-electron chi connectivity index (χ2n) is 3.84. The summed E-state index contributed by atoms with van der Waals surface area (Å²) in [6.07, 6.45) is 0.228. The first kappa shape index (κ1) is 15.6. The summed E-state index contributed by atoms with van der Waals surface area (Å²) in [4.78, 5) is 11.1. The quantitative estimate of drug-likeness (QED) is 0.601. The molecule has 0 fully saturated rings. The van der Waals surface area contributed by atoms with Gasteiger partial charge in [0.05, 0.1) is 25.1 Å². The van der Waals surface area contributed by atoms with E-state index in [1.807, 2.05) is 0 Å². The average Bonchev–Trinajstić information content (AvgIpc) is 2.39. The second kappa shape index (κ2) is 7.20. The number of benzene rings is 1. The molecule has 106 valence electrons. The van der Waals surface area contributed by atoms with Gasteiger partial charge < -0.3 is 4.74 Å². The Balaban J connectivity index is 2.72. The molecular weight excluding hydrogens is 273 g/mol. The first-order chi connectivity index (χ1) is 8.99. The number of hydrogen-bond acceptors (Lipinski definition) is 4. The third-order valence-corrected chi connectivity index (χ3v) is 3.89. The average molecular weight is 289 g/mol. The zero-order valence-corrected chi connectivity index (χ0v) is 11.4. The van der Waals surface area contributed by atoms with Gasteiger partial charge in [-0.2, -0.15) is 0 Å². The highest BCUT2D eigenvalue weighted by atomic mass is 32.2. The number of carbonyl (C=O) groups excluding carboxylic acids is 1. The Bertz CT molecular complexity index is 513. The minimum atomic E-state index is -3.62. The largest absolute Gasteiger partial charge is 0.469 e. The monoisotopic (exact) mass is 289 g/mol. The van der Waals surface area contributed by atoms with Gasteiger partial charge in [-0.25, -0.2) is 13.1 Å². The molecule has 0 radical (unpaired) electrons. The second-order valence-corrected chi connectivity index (χ2v) is 5.60. The number of esters is 1. The maximum Gasteiger partial charge on any atom is 0.309 e. The number of rotatable bonds is 7.